The van der Waals surface area contributed by atoms with E-state index in [2.05, 4.69) is 15.6 Å². The molecule has 1 atom stereocenters. The van der Waals surface area contributed by atoms with E-state index in [0.717, 1.165) is 18.6 Å². The van der Waals surface area contributed by atoms with Gasteiger partial charge in [0.25, 0.3) is 5.91 Å². The molecule has 0 saturated carbocycles. The maximum absolute atomic E-state index is 12.9. The number of carbonyl (C=O) groups is 1. The number of aromatic nitrogens is 1. The molecule has 0 aliphatic heterocycles. The summed E-state index contributed by atoms with van der Waals surface area (Å²) in [5.74, 6) is -0.559. The van der Waals surface area contributed by atoms with E-state index in [9.17, 15) is 18.0 Å². The number of rotatable bonds is 5. The van der Waals surface area contributed by atoms with Gasteiger partial charge in [0.15, 0.2) is 0 Å². The summed E-state index contributed by atoms with van der Waals surface area (Å²) in [4.78, 5) is 16.3. The molecule has 134 valence electrons. The number of nitrogens with one attached hydrogen (secondary N) is 2. The van der Waals surface area contributed by atoms with Crippen LogP contribution in [0.3, 0.4) is 0 Å². The van der Waals surface area contributed by atoms with E-state index >= 15 is 0 Å². The van der Waals surface area contributed by atoms with Crippen LogP contribution in [0, 0.1) is 0 Å². The Morgan fingerprint density at radius 2 is 1.96 bits per heavy atom. The first-order valence-corrected chi connectivity index (χ1v) is 7.98. The minimum atomic E-state index is -4.60. The third-order valence-electron chi connectivity index (χ3n) is 3.56. The predicted molar refractivity (Wildman–Crippen MR) is 92.0 cm³/mol. The molecule has 0 aliphatic carbocycles. The molecule has 1 amide bonds. The largest absolute Gasteiger partial charge is 0.417 e. The lowest BCUT2D eigenvalue weighted by molar-refractivity contribution is -0.137. The van der Waals surface area contributed by atoms with E-state index in [1.807, 2.05) is 13.8 Å². The molecule has 0 fully saturated rings. The number of carbonyl (C=O) groups excluding carboxylic acids is 1. The van der Waals surface area contributed by atoms with Crippen molar-refractivity contribution in [3.63, 3.8) is 0 Å². The van der Waals surface area contributed by atoms with Gasteiger partial charge in [0.1, 0.15) is 0 Å². The van der Waals surface area contributed by atoms with Crippen LogP contribution >= 0.6 is 11.6 Å². The minimum absolute atomic E-state index is 0.00186. The summed E-state index contributed by atoms with van der Waals surface area (Å²) in [7, 11) is 0. The van der Waals surface area contributed by atoms with E-state index in [-0.39, 0.29) is 17.3 Å². The summed E-state index contributed by atoms with van der Waals surface area (Å²) < 4.78 is 38.6. The molecule has 0 bridgehead atoms. The molecule has 2 rings (SSSR count). The van der Waals surface area contributed by atoms with Crippen molar-refractivity contribution in [3.05, 3.63) is 52.8 Å². The number of halogens is 4. The molecule has 2 N–H and O–H groups in total. The summed E-state index contributed by atoms with van der Waals surface area (Å²) >= 11 is 5.57. The fourth-order valence-electron chi connectivity index (χ4n) is 2.05. The summed E-state index contributed by atoms with van der Waals surface area (Å²) in [6.45, 7) is 4.00. The van der Waals surface area contributed by atoms with Crippen molar-refractivity contribution in [1.82, 2.24) is 4.98 Å². The fraction of sp³-hybridized carbons (Fsp3) is 0.294. The van der Waals surface area contributed by atoms with E-state index in [1.165, 1.54) is 12.3 Å². The van der Waals surface area contributed by atoms with Crippen LogP contribution in [0.2, 0.25) is 5.02 Å². The lowest BCUT2D eigenvalue weighted by Crippen LogP contribution is -2.16. The number of benzene rings is 1. The summed E-state index contributed by atoms with van der Waals surface area (Å²) in [6, 6.07) is 5.00. The van der Waals surface area contributed by atoms with Crippen LogP contribution in [0.5, 0.6) is 0 Å². The Hall–Kier alpha value is -2.28. The van der Waals surface area contributed by atoms with Crippen molar-refractivity contribution < 1.29 is 18.0 Å². The highest BCUT2D eigenvalue weighted by molar-refractivity contribution is 6.31. The van der Waals surface area contributed by atoms with Gasteiger partial charge in [0.2, 0.25) is 0 Å². The predicted octanol–water partition coefficient (Wildman–Crippen LogP) is 5.22. The summed E-state index contributed by atoms with van der Waals surface area (Å²) in [5, 5.41) is 5.18. The van der Waals surface area contributed by atoms with Crippen molar-refractivity contribution >= 4 is 28.9 Å². The number of hydrogen-bond acceptors (Lipinski definition) is 3. The zero-order valence-corrected chi connectivity index (χ0v) is 14.4. The zero-order chi connectivity index (χ0) is 18.6. The highest BCUT2D eigenvalue weighted by Crippen LogP contribution is 2.36. The van der Waals surface area contributed by atoms with Gasteiger partial charge in [-0.2, -0.15) is 13.2 Å². The van der Waals surface area contributed by atoms with Gasteiger partial charge < -0.3 is 10.6 Å². The average molecular weight is 372 g/mol. The van der Waals surface area contributed by atoms with E-state index in [1.54, 1.807) is 12.3 Å². The number of hydrogen-bond donors (Lipinski definition) is 2. The quantitative estimate of drug-likeness (QED) is 0.758. The zero-order valence-electron chi connectivity index (χ0n) is 13.6. The topological polar surface area (TPSA) is 54.0 Å². The van der Waals surface area contributed by atoms with Crippen LogP contribution in [0.4, 0.5) is 24.5 Å². The first-order valence-electron chi connectivity index (χ1n) is 7.60. The van der Waals surface area contributed by atoms with Crippen molar-refractivity contribution in [2.45, 2.75) is 32.5 Å². The van der Waals surface area contributed by atoms with Gasteiger partial charge in [-0.1, -0.05) is 18.5 Å². The molecule has 4 nitrogen and oxygen atoms in total. The smallest absolute Gasteiger partial charge is 0.381 e. The van der Waals surface area contributed by atoms with Crippen LogP contribution in [-0.2, 0) is 6.18 Å². The Kier molecular flexibility index (Phi) is 5.89. The third kappa shape index (κ3) is 5.09. The summed E-state index contributed by atoms with van der Waals surface area (Å²) in [5.41, 5.74) is -0.106. The van der Waals surface area contributed by atoms with Crippen LogP contribution in [0.15, 0.2) is 36.7 Å². The van der Waals surface area contributed by atoms with Gasteiger partial charge in [-0.05, 0) is 37.6 Å². The molecule has 0 saturated heterocycles. The van der Waals surface area contributed by atoms with Gasteiger partial charge >= 0.3 is 6.18 Å². The van der Waals surface area contributed by atoms with Crippen LogP contribution in [0.1, 0.15) is 36.2 Å². The molecular weight excluding hydrogens is 355 g/mol. The molecule has 0 radical (unpaired) electrons. The Morgan fingerprint density at radius 3 is 2.60 bits per heavy atom. The molecule has 0 spiro atoms. The van der Waals surface area contributed by atoms with Crippen LogP contribution in [-0.4, -0.2) is 16.9 Å². The second kappa shape index (κ2) is 7.74. The molecule has 1 aromatic heterocycles. The van der Waals surface area contributed by atoms with E-state index < -0.39 is 22.7 Å². The van der Waals surface area contributed by atoms with E-state index in [4.69, 9.17) is 11.6 Å². The Bertz CT molecular complexity index is 765. The Morgan fingerprint density at radius 1 is 1.24 bits per heavy atom. The maximum atomic E-state index is 12.9. The normalized spacial score (nSPS) is 12.6. The second-order valence-corrected chi connectivity index (χ2v) is 5.97. The monoisotopic (exact) mass is 371 g/mol. The molecule has 8 heteroatoms. The van der Waals surface area contributed by atoms with Gasteiger partial charge in [-0.15, -0.1) is 0 Å². The highest BCUT2D eigenvalue weighted by atomic mass is 35.5. The molecule has 1 heterocycles. The molecule has 25 heavy (non-hydrogen) atoms. The van der Waals surface area contributed by atoms with Gasteiger partial charge in [-0.25, -0.2) is 0 Å². The lowest BCUT2D eigenvalue weighted by atomic mass is 10.1. The number of amides is 1. The molecular formula is C17H17ClF3N3O. The van der Waals surface area contributed by atoms with Gasteiger partial charge in [0.05, 0.1) is 21.8 Å². The standard InChI is InChI=1S/C17H17ClF3N3O/c1-3-10(2)23-13-6-11(8-22-9-13)16(25)24-12-4-5-15(18)14(7-12)17(19,20)21/h4-10,23H,3H2,1-2H3,(H,24,25). The van der Waals surface area contributed by atoms with Gasteiger partial charge in [0, 0.05) is 24.1 Å². The number of pyridine rings is 1. The second-order valence-electron chi connectivity index (χ2n) is 5.56. The fourth-order valence-corrected chi connectivity index (χ4v) is 2.28. The number of nitrogens with zero attached hydrogens (tertiary/aromatic N) is 1. The maximum Gasteiger partial charge on any atom is 0.417 e. The first-order chi connectivity index (χ1) is 11.7. The average Bonchev–Trinajstić information content (AvgIpc) is 2.55. The van der Waals surface area contributed by atoms with Crippen LogP contribution < -0.4 is 10.6 Å². The van der Waals surface area contributed by atoms with Gasteiger partial charge in [-0.3, -0.25) is 9.78 Å². The Labute approximate surface area is 148 Å². The number of alkyl halides is 3. The van der Waals surface area contributed by atoms with Crippen molar-refractivity contribution in [2.75, 3.05) is 10.6 Å². The summed E-state index contributed by atoms with van der Waals surface area (Å²) in [6.07, 6.45) is -0.786. The molecule has 2 aromatic rings. The van der Waals surface area contributed by atoms with Crippen molar-refractivity contribution in [2.24, 2.45) is 0 Å². The van der Waals surface area contributed by atoms with Crippen molar-refractivity contribution in [1.29, 1.82) is 0 Å². The molecule has 1 aromatic carbocycles. The minimum Gasteiger partial charge on any atom is -0.381 e. The molecule has 0 aliphatic rings. The SMILES string of the molecule is CCC(C)Nc1cncc(C(=O)Nc2ccc(Cl)c(C(F)(F)F)c2)c1. The first kappa shape index (κ1) is 19.1. The van der Waals surface area contributed by atoms with Crippen LogP contribution in [0.25, 0.3) is 0 Å². The Balaban J connectivity index is 2.19. The number of anilines is 2. The lowest BCUT2D eigenvalue weighted by Gasteiger charge is -2.14. The highest BCUT2D eigenvalue weighted by Gasteiger charge is 2.33. The van der Waals surface area contributed by atoms with Crippen molar-refractivity contribution in [3.8, 4) is 0 Å². The third-order valence-corrected chi connectivity index (χ3v) is 3.89. The molecule has 1 unspecified atom stereocenters. The van der Waals surface area contributed by atoms with E-state index in [0.29, 0.717) is 5.69 Å².